The van der Waals surface area contributed by atoms with E-state index in [1.807, 2.05) is 6.07 Å². The molecular weight excluding hydrogens is 480 g/mol. The van der Waals surface area contributed by atoms with Crippen LogP contribution in [0.15, 0.2) is 41.2 Å². The Morgan fingerprint density at radius 1 is 1.30 bits per heavy atom. The minimum Gasteiger partial charge on any atom is -0.454 e. The number of H-pyrrole nitrogens is 1. The van der Waals surface area contributed by atoms with E-state index >= 15 is 0 Å². The van der Waals surface area contributed by atoms with Crippen LogP contribution in [0, 0.1) is 23.0 Å². The maximum absolute atomic E-state index is 14.0. The van der Waals surface area contributed by atoms with Crippen LogP contribution >= 0.6 is 0 Å². The predicted octanol–water partition coefficient (Wildman–Crippen LogP) is 2.50. The van der Waals surface area contributed by atoms with Gasteiger partial charge >= 0.3 is 5.69 Å². The summed E-state index contributed by atoms with van der Waals surface area (Å²) in [5.74, 6) is -3.29. The summed E-state index contributed by atoms with van der Waals surface area (Å²) in [7, 11) is 1.48. The van der Waals surface area contributed by atoms with Crippen LogP contribution in [0.1, 0.15) is 68.9 Å². The van der Waals surface area contributed by atoms with Crippen LogP contribution in [0.25, 0.3) is 0 Å². The number of hydrogen-bond donors (Lipinski definition) is 3. The van der Waals surface area contributed by atoms with Gasteiger partial charge in [-0.05, 0) is 43.2 Å². The lowest BCUT2D eigenvalue weighted by Gasteiger charge is -2.34. The highest BCUT2D eigenvalue weighted by atomic mass is 16.6. The number of carbonyl (C=O) groups is 2. The molecule has 11 nitrogen and oxygen atoms in total. The van der Waals surface area contributed by atoms with Crippen LogP contribution in [0.2, 0.25) is 0 Å². The highest BCUT2D eigenvalue weighted by Crippen LogP contribution is 2.60. The van der Waals surface area contributed by atoms with E-state index in [4.69, 9.17) is 4.74 Å². The molecule has 0 saturated heterocycles. The van der Waals surface area contributed by atoms with Crippen molar-refractivity contribution in [2.24, 2.45) is 13.0 Å². The van der Waals surface area contributed by atoms with Gasteiger partial charge in [-0.15, -0.1) is 0 Å². The van der Waals surface area contributed by atoms with E-state index in [1.54, 1.807) is 19.1 Å². The summed E-state index contributed by atoms with van der Waals surface area (Å²) in [5, 5.41) is 26.6. The fourth-order valence-corrected chi connectivity index (χ4v) is 5.72. The number of ether oxygens (including phenoxy) is 1. The monoisotopic (exact) mass is 504 g/mol. The molecule has 6 rings (SSSR count). The number of imidazole rings is 1. The number of nitro groups is 1. The zero-order valence-corrected chi connectivity index (χ0v) is 20.3. The average Bonchev–Trinajstić information content (AvgIpc) is 3.62. The molecule has 1 amide bonds. The Morgan fingerprint density at radius 3 is 2.65 bits per heavy atom. The quantitative estimate of drug-likeness (QED) is 0.356. The molecule has 2 heterocycles. The molecule has 2 aliphatic carbocycles. The molecule has 2 unspecified atom stereocenters. The Hall–Kier alpha value is -4.25. The number of fused-ring (bicyclic) bond motifs is 5. The van der Waals surface area contributed by atoms with Gasteiger partial charge in [-0.2, -0.15) is 0 Å². The highest BCUT2D eigenvalue weighted by Gasteiger charge is 2.73. The second-order valence-corrected chi connectivity index (χ2v) is 10.1. The Labute approximate surface area is 210 Å². The van der Waals surface area contributed by atoms with E-state index in [-0.39, 0.29) is 34.1 Å². The summed E-state index contributed by atoms with van der Waals surface area (Å²) in [4.78, 5) is 53.4. The van der Waals surface area contributed by atoms with Crippen LogP contribution in [0.3, 0.4) is 0 Å². The van der Waals surface area contributed by atoms with Gasteiger partial charge in [0.2, 0.25) is 11.3 Å². The first kappa shape index (κ1) is 23.2. The van der Waals surface area contributed by atoms with Crippen LogP contribution in [0.5, 0.6) is 5.75 Å². The molecule has 3 aromatic rings. The molecule has 1 fully saturated rings. The van der Waals surface area contributed by atoms with E-state index in [9.17, 15) is 29.6 Å². The standard InChI is InChI=1S/C26H24N4O7/c1-12(14-7-8-14)15-9-10-17-19(11-15)37-26(34)20-16(5-4-6-18(20)30(35)36)22(31)25(17,26)28-23(32)21-13(2)29(3)24(33)27-21/h4-6,9-12,14,34H,7-8H2,1-3H3,(H,27,33)(H,28,32)/t12-,25?,26?/m1/s1. The molecule has 37 heavy (non-hydrogen) atoms. The van der Waals surface area contributed by atoms with Crippen LogP contribution in [-0.4, -0.2) is 31.3 Å². The van der Waals surface area contributed by atoms with Crippen molar-refractivity contribution >= 4 is 17.4 Å². The molecule has 3 atom stereocenters. The summed E-state index contributed by atoms with van der Waals surface area (Å²) >= 11 is 0. The van der Waals surface area contributed by atoms with Crippen molar-refractivity contribution in [2.75, 3.05) is 0 Å². The van der Waals surface area contributed by atoms with Gasteiger partial charge in [0, 0.05) is 29.9 Å². The van der Waals surface area contributed by atoms with Gasteiger partial charge in [-0.1, -0.05) is 31.2 Å². The molecule has 0 bridgehead atoms. The van der Waals surface area contributed by atoms with Gasteiger partial charge in [0.05, 0.1) is 4.92 Å². The summed E-state index contributed by atoms with van der Waals surface area (Å²) in [6.45, 7) is 3.64. The first-order valence-corrected chi connectivity index (χ1v) is 12.0. The number of aliphatic hydroxyl groups is 1. The van der Waals surface area contributed by atoms with Gasteiger partial charge < -0.3 is 20.1 Å². The summed E-state index contributed by atoms with van der Waals surface area (Å²) in [6, 6.07) is 9.04. The first-order chi connectivity index (χ1) is 17.5. The highest BCUT2D eigenvalue weighted by molar-refractivity contribution is 6.14. The number of nitrogens with one attached hydrogen (secondary N) is 2. The number of ketones is 1. The third-order valence-electron chi connectivity index (χ3n) is 8.12. The maximum atomic E-state index is 14.0. The Kier molecular flexibility index (Phi) is 4.63. The molecule has 1 saturated carbocycles. The SMILES string of the molecule is Cc1c(C(=O)NC23C(=O)c4cccc([N+](=O)[O-])c4C2(O)Oc2cc([C@H](C)C4CC4)ccc23)[nH]c(=O)n1C. The predicted molar refractivity (Wildman–Crippen MR) is 129 cm³/mol. The topological polar surface area (TPSA) is 157 Å². The van der Waals surface area contributed by atoms with Crippen molar-refractivity contribution < 1.29 is 24.4 Å². The molecule has 3 aliphatic rings. The molecule has 3 N–H and O–H groups in total. The van der Waals surface area contributed by atoms with Crippen LogP contribution in [0.4, 0.5) is 5.69 Å². The molecule has 0 radical (unpaired) electrons. The number of benzene rings is 2. The minimum atomic E-state index is -2.59. The van der Waals surface area contributed by atoms with Gasteiger partial charge in [-0.3, -0.25) is 24.3 Å². The van der Waals surface area contributed by atoms with Crippen molar-refractivity contribution in [3.8, 4) is 5.75 Å². The number of nitrogens with zero attached hydrogens (tertiary/aromatic N) is 2. The molecule has 1 aliphatic heterocycles. The van der Waals surface area contributed by atoms with E-state index in [0.717, 1.165) is 18.4 Å². The lowest BCUT2D eigenvalue weighted by atomic mass is 9.81. The van der Waals surface area contributed by atoms with Crippen molar-refractivity contribution in [3.63, 3.8) is 0 Å². The minimum absolute atomic E-state index is 0.102. The fraction of sp³-hybridized carbons (Fsp3) is 0.346. The first-order valence-electron chi connectivity index (χ1n) is 12.0. The number of aromatic amines is 1. The third kappa shape index (κ3) is 2.88. The molecule has 190 valence electrons. The molecule has 1 aromatic heterocycles. The summed E-state index contributed by atoms with van der Waals surface area (Å²) in [5.41, 5.74) is -2.38. The Bertz CT molecular complexity index is 1600. The number of Topliss-reactive ketones (excluding diaryl/α,β-unsaturated/α-hetero) is 1. The van der Waals surface area contributed by atoms with Crippen LogP contribution < -0.4 is 15.7 Å². The summed E-state index contributed by atoms with van der Waals surface area (Å²) < 4.78 is 7.27. The van der Waals surface area contributed by atoms with Gasteiger partial charge in [0.1, 0.15) is 17.0 Å². The second kappa shape index (κ2) is 7.39. The fourth-order valence-electron chi connectivity index (χ4n) is 5.72. The zero-order chi connectivity index (χ0) is 26.4. The van der Waals surface area contributed by atoms with Crippen molar-refractivity contribution in [2.45, 2.75) is 43.9 Å². The smallest absolute Gasteiger partial charge is 0.326 e. The van der Waals surface area contributed by atoms with E-state index in [2.05, 4.69) is 17.2 Å². The van der Waals surface area contributed by atoms with Crippen molar-refractivity contribution in [1.29, 1.82) is 0 Å². The van der Waals surface area contributed by atoms with E-state index in [0.29, 0.717) is 11.6 Å². The van der Waals surface area contributed by atoms with Crippen molar-refractivity contribution in [1.82, 2.24) is 14.9 Å². The van der Waals surface area contributed by atoms with Gasteiger partial charge in [0.15, 0.2) is 0 Å². The number of aromatic nitrogens is 2. The lowest BCUT2D eigenvalue weighted by molar-refractivity contribution is -0.388. The van der Waals surface area contributed by atoms with E-state index in [1.165, 1.54) is 29.8 Å². The third-order valence-corrected chi connectivity index (χ3v) is 8.12. The maximum Gasteiger partial charge on any atom is 0.326 e. The lowest BCUT2D eigenvalue weighted by Crippen LogP contribution is -2.60. The largest absolute Gasteiger partial charge is 0.454 e. The zero-order valence-electron chi connectivity index (χ0n) is 20.3. The Balaban J connectivity index is 1.57. The van der Waals surface area contributed by atoms with Gasteiger partial charge in [-0.25, -0.2) is 4.79 Å². The number of amides is 1. The summed E-state index contributed by atoms with van der Waals surface area (Å²) in [6.07, 6.45) is 2.21. The molecule has 2 aromatic carbocycles. The Morgan fingerprint density at radius 2 is 2.03 bits per heavy atom. The molecule has 0 spiro atoms. The van der Waals surface area contributed by atoms with Gasteiger partial charge in [0.25, 0.3) is 17.4 Å². The normalized spacial score (nSPS) is 24.2. The van der Waals surface area contributed by atoms with Crippen molar-refractivity contribution in [3.05, 3.63) is 90.6 Å². The number of rotatable bonds is 5. The molecular formula is C26H24N4O7. The number of carbonyl (C=O) groups excluding carboxylic acids is 2. The van der Waals surface area contributed by atoms with E-state index < -0.39 is 39.3 Å². The second-order valence-electron chi connectivity index (χ2n) is 10.1. The average molecular weight is 504 g/mol. The number of hydrogen-bond acceptors (Lipinski definition) is 7. The number of nitro benzene ring substituents is 1. The van der Waals surface area contributed by atoms with Crippen LogP contribution in [-0.2, 0) is 18.4 Å². The molecule has 11 heteroatoms.